The highest BCUT2D eigenvalue weighted by Gasteiger charge is 2.16. The largest absolute Gasteiger partial charge is 0.503 e. The van der Waals surface area contributed by atoms with Gasteiger partial charge in [-0.3, -0.25) is 0 Å². The second kappa shape index (κ2) is 11.2. The molecule has 0 unspecified atom stereocenters. The Bertz CT molecular complexity index is 1110. The molecule has 164 valence electrons. The number of para-hydroxylation sites is 1. The average molecular weight is 433 g/mol. The van der Waals surface area contributed by atoms with Gasteiger partial charge in [0.15, 0.2) is 17.2 Å². The molecule has 1 N–H and O–H groups in total. The Labute approximate surface area is 186 Å². The van der Waals surface area contributed by atoms with Gasteiger partial charge >= 0.3 is 5.97 Å². The number of nitrogens with zero attached hydrogens (tertiary/aromatic N) is 1. The third-order valence-electron chi connectivity index (χ3n) is 4.45. The Balaban J connectivity index is 1.78. The van der Waals surface area contributed by atoms with Crippen LogP contribution in [0.15, 0.2) is 84.2 Å². The zero-order chi connectivity index (χ0) is 22.8. The fourth-order valence-corrected chi connectivity index (χ4v) is 2.93. The monoisotopic (exact) mass is 433 g/mol. The molecule has 0 aliphatic carbocycles. The third kappa shape index (κ3) is 5.89. The van der Waals surface area contributed by atoms with Crippen molar-refractivity contribution < 1.29 is 28.9 Å². The van der Waals surface area contributed by atoms with Crippen molar-refractivity contribution in [1.29, 1.82) is 0 Å². The van der Waals surface area contributed by atoms with Crippen LogP contribution >= 0.6 is 0 Å². The first kappa shape index (κ1) is 22.4. The Morgan fingerprint density at radius 3 is 2.44 bits per heavy atom. The molecule has 0 amide bonds. The summed E-state index contributed by atoms with van der Waals surface area (Å²) in [7, 11) is 2.95. The number of aliphatic carboxylic acids is 1. The molecule has 0 aromatic heterocycles. The molecule has 0 spiro atoms. The topological polar surface area (TPSA) is 86.6 Å². The van der Waals surface area contributed by atoms with Crippen LogP contribution in [0.1, 0.15) is 16.7 Å². The molecule has 0 aliphatic heterocycles. The maximum Gasteiger partial charge on any atom is 0.339 e. The maximum atomic E-state index is 11.6. The van der Waals surface area contributed by atoms with Crippen LogP contribution in [0.25, 0.3) is 5.57 Å². The number of carboxylic acids is 1. The van der Waals surface area contributed by atoms with Gasteiger partial charge in [-0.15, -0.1) is 0 Å². The second-order valence-corrected chi connectivity index (χ2v) is 6.57. The van der Waals surface area contributed by atoms with Crippen molar-refractivity contribution >= 4 is 17.8 Å². The number of carbonyl (C=O) groups is 1. The van der Waals surface area contributed by atoms with Gasteiger partial charge in [0.25, 0.3) is 0 Å². The number of ether oxygens (including phenoxy) is 3. The molecule has 0 bridgehead atoms. The summed E-state index contributed by atoms with van der Waals surface area (Å²) in [5.41, 5.74) is 1.98. The zero-order valence-electron chi connectivity index (χ0n) is 17.7. The molecule has 3 aromatic carbocycles. The van der Waals surface area contributed by atoms with Crippen molar-refractivity contribution in [3.63, 3.8) is 0 Å². The zero-order valence-corrected chi connectivity index (χ0v) is 17.7. The maximum absolute atomic E-state index is 11.6. The minimum absolute atomic E-state index is 0.0395. The molecule has 0 aliphatic rings. The molecule has 3 aromatic rings. The summed E-state index contributed by atoms with van der Waals surface area (Å²) in [6.07, 6.45) is 2.77. The van der Waals surface area contributed by atoms with Crippen molar-refractivity contribution in [2.24, 2.45) is 5.16 Å². The molecule has 0 heterocycles. The Morgan fingerprint density at radius 1 is 0.969 bits per heavy atom. The van der Waals surface area contributed by atoms with Crippen LogP contribution in [0, 0.1) is 0 Å². The van der Waals surface area contributed by atoms with Crippen molar-refractivity contribution in [3.8, 4) is 17.2 Å². The van der Waals surface area contributed by atoms with Crippen molar-refractivity contribution in [2.45, 2.75) is 6.61 Å². The number of benzene rings is 3. The fraction of sp³-hybridized carbons (Fsp3) is 0.120. The molecule has 0 saturated carbocycles. The molecular formula is C25H23NO6. The number of rotatable bonds is 10. The summed E-state index contributed by atoms with van der Waals surface area (Å²) in [4.78, 5) is 17.0. The lowest BCUT2D eigenvalue weighted by Gasteiger charge is -2.14. The van der Waals surface area contributed by atoms with Gasteiger partial charge in [0.2, 0.25) is 0 Å². The van der Waals surface area contributed by atoms with E-state index < -0.39 is 5.97 Å². The SMILES string of the molecule is COC=C(C(=O)O)c1ccccc1COc1cc(C=NOc2ccccc2)ccc1OC. The van der Waals surface area contributed by atoms with Gasteiger partial charge in [0.05, 0.1) is 26.7 Å². The van der Waals surface area contributed by atoms with E-state index in [1.807, 2.05) is 30.3 Å². The molecule has 32 heavy (non-hydrogen) atoms. The Morgan fingerprint density at radius 2 is 1.72 bits per heavy atom. The van der Waals surface area contributed by atoms with Gasteiger partial charge in [-0.05, 0) is 41.5 Å². The van der Waals surface area contributed by atoms with E-state index in [-0.39, 0.29) is 12.2 Å². The van der Waals surface area contributed by atoms with Crippen LogP contribution in [0.2, 0.25) is 0 Å². The lowest BCUT2D eigenvalue weighted by Crippen LogP contribution is -2.06. The standard InChI is InChI=1S/C25H23NO6/c1-29-17-22(25(27)28)21-11-7-6-8-19(21)16-31-24-14-18(12-13-23(24)30-2)15-26-32-20-9-4-3-5-10-20/h3-15,17H,16H2,1-2H3,(H,27,28). The van der Waals surface area contributed by atoms with E-state index in [4.69, 9.17) is 19.0 Å². The number of hydrogen-bond acceptors (Lipinski definition) is 6. The van der Waals surface area contributed by atoms with Gasteiger partial charge in [-0.25, -0.2) is 4.79 Å². The molecule has 0 radical (unpaired) electrons. The molecule has 7 heteroatoms. The summed E-state index contributed by atoms with van der Waals surface area (Å²) in [5.74, 6) is 0.560. The van der Waals surface area contributed by atoms with Crippen LogP contribution in [-0.2, 0) is 16.1 Å². The van der Waals surface area contributed by atoms with E-state index >= 15 is 0 Å². The van der Waals surface area contributed by atoms with E-state index in [1.165, 1.54) is 13.4 Å². The van der Waals surface area contributed by atoms with Crippen LogP contribution in [-0.4, -0.2) is 31.5 Å². The molecule has 3 rings (SSSR count). The summed E-state index contributed by atoms with van der Waals surface area (Å²) >= 11 is 0. The predicted molar refractivity (Wildman–Crippen MR) is 121 cm³/mol. The van der Waals surface area contributed by atoms with E-state index in [1.54, 1.807) is 55.8 Å². The molecular weight excluding hydrogens is 410 g/mol. The summed E-state index contributed by atoms with van der Waals surface area (Å²) in [6, 6.07) is 21.7. The number of methoxy groups -OCH3 is 2. The van der Waals surface area contributed by atoms with E-state index in [2.05, 4.69) is 5.16 Å². The highest BCUT2D eigenvalue weighted by molar-refractivity contribution is 6.15. The van der Waals surface area contributed by atoms with E-state index in [9.17, 15) is 9.90 Å². The van der Waals surface area contributed by atoms with Gasteiger partial charge in [-0.1, -0.05) is 47.6 Å². The van der Waals surface area contributed by atoms with Crippen molar-refractivity contribution in [2.75, 3.05) is 14.2 Å². The lowest BCUT2D eigenvalue weighted by atomic mass is 10.0. The Kier molecular flexibility index (Phi) is 7.86. The molecule has 0 fully saturated rings. The first-order valence-electron chi connectivity index (χ1n) is 9.73. The smallest absolute Gasteiger partial charge is 0.339 e. The number of oxime groups is 1. The molecule has 7 nitrogen and oxygen atoms in total. The van der Waals surface area contributed by atoms with Crippen molar-refractivity contribution in [3.05, 3.63) is 95.7 Å². The van der Waals surface area contributed by atoms with Gasteiger partial charge in [0, 0.05) is 5.56 Å². The van der Waals surface area contributed by atoms with Crippen LogP contribution in [0.3, 0.4) is 0 Å². The molecule has 0 atom stereocenters. The first-order chi connectivity index (χ1) is 15.6. The minimum Gasteiger partial charge on any atom is -0.503 e. The number of carboxylic acid groups (broad SMARTS) is 1. The highest BCUT2D eigenvalue weighted by atomic mass is 16.6. The van der Waals surface area contributed by atoms with Crippen molar-refractivity contribution in [1.82, 2.24) is 0 Å². The number of hydrogen-bond donors (Lipinski definition) is 1. The molecule has 0 saturated heterocycles. The summed E-state index contributed by atoms with van der Waals surface area (Å²) in [6.45, 7) is 0.127. The quantitative estimate of drug-likeness (QED) is 0.215. The lowest BCUT2D eigenvalue weighted by molar-refractivity contribution is -0.130. The summed E-state index contributed by atoms with van der Waals surface area (Å²) in [5, 5.41) is 13.5. The minimum atomic E-state index is -1.09. The average Bonchev–Trinajstić information content (AvgIpc) is 2.82. The van der Waals surface area contributed by atoms with Crippen LogP contribution in [0.5, 0.6) is 17.2 Å². The fourth-order valence-electron chi connectivity index (χ4n) is 2.93. The first-order valence-corrected chi connectivity index (χ1v) is 9.73. The normalized spacial score (nSPS) is 11.2. The highest BCUT2D eigenvalue weighted by Crippen LogP contribution is 2.29. The van der Waals surface area contributed by atoms with Crippen LogP contribution in [0.4, 0.5) is 0 Å². The third-order valence-corrected chi connectivity index (χ3v) is 4.45. The Hall–Kier alpha value is -4.26. The van der Waals surface area contributed by atoms with Gasteiger partial charge < -0.3 is 24.2 Å². The van der Waals surface area contributed by atoms with Crippen LogP contribution < -0.4 is 14.3 Å². The van der Waals surface area contributed by atoms with E-state index in [0.29, 0.717) is 28.4 Å². The van der Waals surface area contributed by atoms with Gasteiger partial charge in [-0.2, -0.15) is 0 Å². The second-order valence-electron chi connectivity index (χ2n) is 6.57. The summed E-state index contributed by atoms with van der Waals surface area (Å²) < 4.78 is 16.3. The van der Waals surface area contributed by atoms with E-state index in [0.717, 1.165) is 5.56 Å². The predicted octanol–water partition coefficient (Wildman–Crippen LogP) is 4.76. The van der Waals surface area contributed by atoms with Gasteiger partial charge in [0.1, 0.15) is 12.2 Å².